The van der Waals surface area contributed by atoms with E-state index in [0.29, 0.717) is 16.7 Å². The minimum absolute atomic E-state index is 0.382. The fourth-order valence-electron chi connectivity index (χ4n) is 1.44. The number of halogens is 1. The highest BCUT2D eigenvalue weighted by Crippen LogP contribution is 2.30. The Morgan fingerprint density at radius 3 is 2.41 bits per heavy atom. The minimum Gasteiger partial charge on any atom is -0.210 e. The van der Waals surface area contributed by atoms with E-state index >= 15 is 0 Å². The van der Waals surface area contributed by atoms with Crippen molar-refractivity contribution in [2.75, 3.05) is 6.54 Å². The first-order valence-corrected chi connectivity index (χ1v) is 8.75. The monoisotopic (exact) mass is 339 g/mol. The van der Waals surface area contributed by atoms with E-state index < -0.39 is 10.0 Å². The molecule has 1 rings (SSSR count). The molecule has 0 aliphatic heterocycles. The highest BCUT2D eigenvalue weighted by molar-refractivity contribution is 9.11. The van der Waals surface area contributed by atoms with Crippen molar-refractivity contribution < 1.29 is 8.42 Å². The highest BCUT2D eigenvalue weighted by Gasteiger charge is 2.19. The van der Waals surface area contributed by atoms with E-state index in [9.17, 15) is 8.42 Å². The molecule has 0 fully saturated rings. The summed E-state index contributed by atoms with van der Waals surface area (Å²) >= 11 is 4.60. The fraction of sp³-hybridized carbons (Fsp3) is 0.636. The molecular formula is C11H18BrNO2S2. The van der Waals surface area contributed by atoms with E-state index in [1.807, 2.05) is 6.92 Å². The number of aryl methyl sites for hydroxylation is 1. The summed E-state index contributed by atoms with van der Waals surface area (Å²) in [6.07, 6.45) is 1.98. The van der Waals surface area contributed by atoms with Crippen LogP contribution < -0.4 is 4.72 Å². The largest absolute Gasteiger partial charge is 0.250 e. The molecule has 1 aromatic heterocycles. The Kier molecular flexibility index (Phi) is 5.63. The summed E-state index contributed by atoms with van der Waals surface area (Å²) in [5.41, 5.74) is 0.956. The van der Waals surface area contributed by atoms with Crippen LogP contribution in [0, 0.1) is 12.8 Å². The Hall–Kier alpha value is 0.0900. The standard InChI is InChI=1S/C11H18BrNO2S2/c1-4-9(5-2)7-13-17(14,15)10-6-8(3)11(12)16-10/h6,9,13H,4-5,7H2,1-3H3. The zero-order valence-corrected chi connectivity index (χ0v) is 13.5. The fourth-order valence-corrected chi connectivity index (χ4v) is 4.83. The van der Waals surface area contributed by atoms with Crippen LogP contribution in [0.15, 0.2) is 14.1 Å². The van der Waals surface area contributed by atoms with Crippen molar-refractivity contribution in [2.45, 2.75) is 37.8 Å². The average Bonchev–Trinajstić information content (AvgIpc) is 2.61. The molecule has 0 saturated heterocycles. The summed E-state index contributed by atoms with van der Waals surface area (Å²) < 4.78 is 28.0. The molecule has 1 heterocycles. The van der Waals surface area contributed by atoms with Gasteiger partial charge in [0.2, 0.25) is 10.0 Å². The molecule has 0 aliphatic carbocycles. The molecule has 1 N–H and O–H groups in total. The summed E-state index contributed by atoms with van der Waals surface area (Å²) in [5.74, 6) is 0.411. The molecule has 17 heavy (non-hydrogen) atoms. The average molecular weight is 340 g/mol. The molecule has 0 aliphatic rings. The van der Waals surface area contributed by atoms with E-state index in [1.54, 1.807) is 6.07 Å². The van der Waals surface area contributed by atoms with Crippen molar-refractivity contribution in [3.8, 4) is 0 Å². The third-order valence-corrected chi connectivity index (χ3v) is 6.85. The number of hydrogen-bond donors (Lipinski definition) is 1. The molecule has 0 radical (unpaired) electrons. The Labute approximate surface area is 116 Å². The topological polar surface area (TPSA) is 46.2 Å². The molecule has 3 nitrogen and oxygen atoms in total. The van der Waals surface area contributed by atoms with Gasteiger partial charge in [0.1, 0.15) is 4.21 Å². The number of nitrogens with one attached hydrogen (secondary N) is 1. The van der Waals surface area contributed by atoms with Crippen molar-refractivity contribution in [3.05, 3.63) is 15.4 Å². The molecule has 0 atom stereocenters. The summed E-state index contributed by atoms with van der Waals surface area (Å²) in [6, 6.07) is 1.70. The van der Waals surface area contributed by atoms with E-state index in [0.717, 1.165) is 22.2 Å². The lowest BCUT2D eigenvalue weighted by Gasteiger charge is -2.12. The molecular weight excluding hydrogens is 322 g/mol. The van der Waals surface area contributed by atoms with Gasteiger partial charge in [0.25, 0.3) is 0 Å². The lowest BCUT2D eigenvalue weighted by atomic mass is 10.0. The summed E-state index contributed by atoms with van der Waals surface area (Å²) in [4.78, 5) is 0. The summed E-state index contributed by atoms with van der Waals surface area (Å²) in [7, 11) is -3.34. The lowest BCUT2D eigenvalue weighted by Crippen LogP contribution is -2.28. The Bertz CT molecular complexity index is 444. The zero-order valence-electron chi connectivity index (χ0n) is 10.3. The maximum atomic E-state index is 12.0. The van der Waals surface area contributed by atoms with Gasteiger partial charge in [-0.2, -0.15) is 0 Å². The van der Waals surface area contributed by atoms with Crippen molar-refractivity contribution in [1.29, 1.82) is 0 Å². The second-order valence-corrected chi connectivity index (χ2v) is 8.42. The lowest BCUT2D eigenvalue weighted by molar-refractivity contribution is 0.479. The molecule has 0 aromatic carbocycles. The molecule has 0 amide bonds. The molecule has 1 aromatic rings. The van der Waals surface area contributed by atoms with Gasteiger partial charge in [-0.3, -0.25) is 0 Å². The molecule has 0 spiro atoms. The number of sulfonamides is 1. The first-order valence-electron chi connectivity index (χ1n) is 5.66. The maximum Gasteiger partial charge on any atom is 0.250 e. The predicted octanol–water partition coefficient (Wildman–Crippen LogP) is 3.53. The third kappa shape index (κ3) is 4.05. The maximum absolute atomic E-state index is 12.0. The van der Waals surface area contributed by atoms with Crippen LogP contribution in [0.3, 0.4) is 0 Å². The second-order valence-electron chi connectivity index (χ2n) is 4.06. The molecule has 0 bridgehead atoms. The Balaban J connectivity index is 2.75. The first kappa shape index (κ1) is 15.1. The van der Waals surface area contributed by atoms with Gasteiger partial charge in [-0.15, -0.1) is 11.3 Å². The molecule has 98 valence electrons. The van der Waals surface area contributed by atoms with E-state index in [1.165, 1.54) is 11.3 Å². The van der Waals surface area contributed by atoms with Gasteiger partial charge in [-0.1, -0.05) is 26.7 Å². The van der Waals surface area contributed by atoms with Crippen LogP contribution in [0.5, 0.6) is 0 Å². The van der Waals surface area contributed by atoms with E-state index in [-0.39, 0.29) is 0 Å². The SMILES string of the molecule is CCC(CC)CNS(=O)(=O)c1cc(C)c(Br)s1. The van der Waals surface area contributed by atoms with Gasteiger partial charge in [0.15, 0.2) is 0 Å². The minimum atomic E-state index is -3.34. The van der Waals surface area contributed by atoms with Gasteiger partial charge < -0.3 is 0 Å². The normalized spacial score (nSPS) is 12.3. The van der Waals surface area contributed by atoms with Gasteiger partial charge in [0, 0.05) is 6.54 Å². The van der Waals surface area contributed by atoms with E-state index in [4.69, 9.17) is 0 Å². The van der Waals surface area contributed by atoms with Crippen LogP contribution >= 0.6 is 27.3 Å². The zero-order chi connectivity index (χ0) is 13.1. The van der Waals surface area contributed by atoms with Crippen molar-refractivity contribution in [3.63, 3.8) is 0 Å². The molecule has 0 saturated carbocycles. The van der Waals surface area contributed by atoms with Crippen molar-refractivity contribution >= 4 is 37.3 Å². The van der Waals surface area contributed by atoms with E-state index in [2.05, 4.69) is 34.5 Å². The smallest absolute Gasteiger partial charge is 0.210 e. The number of rotatable bonds is 6. The Morgan fingerprint density at radius 2 is 2.00 bits per heavy atom. The van der Waals surface area contributed by atoms with Gasteiger partial charge in [-0.05, 0) is 40.4 Å². The van der Waals surface area contributed by atoms with Crippen LogP contribution in [-0.4, -0.2) is 15.0 Å². The van der Waals surface area contributed by atoms with Crippen LogP contribution in [0.1, 0.15) is 32.3 Å². The number of thiophene rings is 1. The molecule has 6 heteroatoms. The third-order valence-electron chi connectivity index (χ3n) is 2.82. The van der Waals surface area contributed by atoms with Gasteiger partial charge >= 0.3 is 0 Å². The van der Waals surface area contributed by atoms with Crippen LogP contribution in [0.4, 0.5) is 0 Å². The van der Waals surface area contributed by atoms with Gasteiger partial charge in [0.05, 0.1) is 3.79 Å². The molecule has 0 unspecified atom stereocenters. The highest BCUT2D eigenvalue weighted by atomic mass is 79.9. The van der Waals surface area contributed by atoms with Crippen LogP contribution in [0.2, 0.25) is 0 Å². The summed E-state index contributed by atoms with van der Waals surface area (Å²) in [5, 5.41) is 0. The quantitative estimate of drug-likeness (QED) is 0.861. The van der Waals surface area contributed by atoms with Crippen LogP contribution in [0.25, 0.3) is 0 Å². The van der Waals surface area contributed by atoms with Gasteiger partial charge in [-0.25, -0.2) is 13.1 Å². The number of hydrogen-bond acceptors (Lipinski definition) is 3. The van der Waals surface area contributed by atoms with Crippen molar-refractivity contribution in [2.24, 2.45) is 5.92 Å². The van der Waals surface area contributed by atoms with Crippen molar-refractivity contribution in [1.82, 2.24) is 4.72 Å². The van der Waals surface area contributed by atoms with Crippen LogP contribution in [-0.2, 0) is 10.0 Å². The Morgan fingerprint density at radius 1 is 1.41 bits per heavy atom. The second kappa shape index (κ2) is 6.31. The summed E-state index contributed by atoms with van der Waals surface area (Å²) in [6.45, 7) is 6.56. The first-order chi connectivity index (χ1) is 7.90. The predicted molar refractivity (Wildman–Crippen MR) is 76.0 cm³/mol.